The summed E-state index contributed by atoms with van der Waals surface area (Å²) in [5.74, 6) is 0. The third kappa shape index (κ3) is 2.19. The van der Waals surface area contributed by atoms with Crippen LogP contribution in [-0.2, 0) is 6.42 Å². The minimum absolute atomic E-state index is 0.281. The maximum absolute atomic E-state index is 6.09. The maximum Gasteiger partial charge on any atom is 0.0369 e. The Labute approximate surface area is 104 Å². The number of nitrogens with two attached hydrogens (primary N) is 1. The fourth-order valence-corrected chi connectivity index (χ4v) is 3.16. The molecular weight excluding hydrogens is 208 g/mol. The highest BCUT2D eigenvalue weighted by molar-refractivity contribution is 5.53. The highest BCUT2D eigenvalue weighted by Crippen LogP contribution is 2.32. The summed E-state index contributed by atoms with van der Waals surface area (Å²) >= 11 is 0. The van der Waals surface area contributed by atoms with E-state index in [9.17, 15) is 0 Å². The van der Waals surface area contributed by atoms with Gasteiger partial charge in [0.1, 0.15) is 0 Å². The van der Waals surface area contributed by atoms with E-state index in [4.69, 9.17) is 5.73 Å². The van der Waals surface area contributed by atoms with E-state index in [1.54, 1.807) is 0 Å². The van der Waals surface area contributed by atoms with E-state index in [2.05, 4.69) is 23.1 Å². The highest BCUT2D eigenvalue weighted by Gasteiger charge is 2.20. The summed E-state index contributed by atoms with van der Waals surface area (Å²) < 4.78 is 0. The van der Waals surface area contributed by atoms with Crippen LogP contribution in [0.3, 0.4) is 0 Å². The summed E-state index contributed by atoms with van der Waals surface area (Å²) in [5, 5.41) is 0. The first-order valence-electron chi connectivity index (χ1n) is 6.98. The molecule has 17 heavy (non-hydrogen) atoms. The van der Waals surface area contributed by atoms with Gasteiger partial charge in [-0.2, -0.15) is 0 Å². The smallest absolute Gasteiger partial charge is 0.0369 e. The van der Waals surface area contributed by atoms with E-state index in [1.165, 1.54) is 55.6 Å². The Morgan fingerprint density at radius 3 is 2.59 bits per heavy atom. The van der Waals surface area contributed by atoms with E-state index in [1.807, 2.05) is 0 Å². The second-order valence-electron chi connectivity index (χ2n) is 5.43. The zero-order valence-corrected chi connectivity index (χ0v) is 10.5. The molecule has 0 aromatic heterocycles. The number of rotatable bonds is 1. The highest BCUT2D eigenvalue weighted by atomic mass is 15.1. The molecule has 0 unspecified atom stereocenters. The van der Waals surface area contributed by atoms with Crippen LogP contribution in [0.2, 0.25) is 0 Å². The average molecular weight is 230 g/mol. The van der Waals surface area contributed by atoms with E-state index in [0.717, 1.165) is 12.8 Å². The standard InChI is InChI=1S/C15H22N2/c16-15-8-5-12-11-13(6-7-14(12)15)17-9-3-1-2-4-10-17/h6-7,11,15H,1-5,8-10,16H2/t15-/m1/s1. The van der Waals surface area contributed by atoms with Crippen molar-refractivity contribution in [1.29, 1.82) is 0 Å². The molecule has 2 nitrogen and oxygen atoms in total. The lowest BCUT2D eigenvalue weighted by Gasteiger charge is -2.23. The quantitative estimate of drug-likeness (QED) is 0.803. The Bertz CT molecular complexity index is 392. The molecular formula is C15H22N2. The zero-order valence-electron chi connectivity index (χ0n) is 10.5. The normalized spacial score (nSPS) is 24.5. The van der Waals surface area contributed by atoms with Gasteiger partial charge in [-0.05, 0) is 48.9 Å². The number of aryl methyl sites for hydroxylation is 1. The minimum Gasteiger partial charge on any atom is -0.372 e. The van der Waals surface area contributed by atoms with Gasteiger partial charge in [0, 0.05) is 24.8 Å². The molecule has 1 aliphatic heterocycles. The first-order chi connectivity index (χ1) is 8.34. The van der Waals surface area contributed by atoms with Gasteiger partial charge in [0.15, 0.2) is 0 Å². The summed E-state index contributed by atoms with van der Waals surface area (Å²) in [4.78, 5) is 2.55. The molecule has 0 saturated carbocycles. The van der Waals surface area contributed by atoms with Crippen molar-refractivity contribution in [3.8, 4) is 0 Å². The SMILES string of the molecule is N[C@@H]1CCc2cc(N3CCCCCC3)ccc21. The van der Waals surface area contributed by atoms with Crippen molar-refractivity contribution >= 4 is 5.69 Å². The lowest BCUT2D eigenvalue weighted by Crippen LogP contribution is -2.23. The maximum atomic E-state index is 6.09. The van der Waals surface area contributed by atoms with Gasteiger partial charge in [-0.25, -0.2) is 0 Å². The van der Waals surface area contributed by atoms with Crippen LogP contribution in [0.15, 0.2) is 18.2 Å². The van der Waals surface area contributed by atoms with Crippen molar-refractivity contribution in [1.82, 2.24) is 0 Å². The molecule has 2 N–H and O–H groups in total. The molecule has 1 aliphatic carbocycles. The summed E-state index contributed by atoms with van der Waals surface area (Å²) in [6.07, 6.45) is 7.77. The van der Waals surface area contributed by atoms with Gasteiger partial charge in [-0.3, -0.25) is 0 Å². The van der Waals surface area contributed by atoms with Gasteiger partial charge in [-0.15, -0.1) is 0 Å². The molecule has 1 heterocycles. The molecule has 1 aromatic carbocycles. The molecule has 0 amide bonds. The number of hydrogen-bond donors (Lipinski definition) is 1. The van der Waals surface area contributed by atoms with Crippen LogP contribution in [0.5, 0.6) is 0 Å². The van der Waals surface area contributed by atoms with Gasteiger partial charge in [-0.1, -0.05) is 18.9 Å². The number of anilines is 1. The predicted molar refractivity (Wildman–Crippen MR) is 72.4 cm³/mol. The Morgan fingerprint density at radius 1 is 1.06 bits per heavy atom. The van der Waals surface area contributed by atoms with Crippen LogP contribution in [0.1, 0.15) is 49.3 Å². The Balaban J connectivity index is 1.83. The van der Waals surface area contributed by atoms with Crippen LogP contribution in [0.4, 0.5) is 5.69 Å². The van der Waals surface area contributed by atoms with Crippen molar-refractivity contribution in [3.05, 3.63) is 29.3 Å². The molecule has 2 heteroatoms. The van der Waals surface area contributed by atoms with E-state index in [0.29, 0.717) is 0 Å². The van der Waals surface area contributed by atoms with Crippen LogP contribution < -0.4 is 10.6 Å². The second-order valence-corrected chi connectivity index (χ2v) is 5.43. The molecule has 2 aliphatic rings. The van der Waals surface area contributed by atoms with Crippen molar-refractivity contribution in [2.75, 3.05) is 18.0 Å². The number of nitrogens with zero attached hydrogens (tertiary/aromatic N) is 1. The summed E-state index contributed by atoms with van der Waals surface area (Å²) in [7, 11) is 0. The Kier molecular flexibility index (Phi) is 3.06. The van der Waals surface area contributed by atoms with Crippen molar-refractivity contribution in [3.63, 3.8) is 0 Å². The van der Waals surface area contributed by atoms with Crippen LogP contribution in [-0.4, -0.2) is 13.1 Å². The third-order valence-electron chi connectivity index (χ3n) is 4.22. The minimum atomic E-state index is 0.281. The van der Waals surface area contributed by atoms with Gasteiger partial charge in [0.25, 0.3) is 0 Å². The molecule has 0 radical (unpaired) electrons. The lowest BCUT2D eigenvalue weighted by atomic mass is 10.1. The topological polar surface area (TPSA) is 29.3 Å². The molecule has 0 bridgehead atoms. The first-order valence-corrected chi connectivity index (χ1v) is 6.98. The molecule has 1 fully saturated rings. The predicted octanol–water partition coefficient (Wildman–Crippen LogP) is 3.01. The van der Waals surface area contributed by atoms with Crippen molar-refractivity contribution in [2.45, 2.75) is 44.6 Å². The summed E-state index contributed by atoms with van der Waals surface area (Å²) in [6, 6.07) is 7.19. The third-order valence-corrected chi connectivity index (χ3v) is 4.22. The zero-order chi connectivity index (χ0) is 11.7. The fourth-order valence-electron chi connectivity index (χ4n) is 3.16. The van der Waals surface area contributed by atoms with Crippen LogP contribution in [0, 0.1) is 0 Å². The fraction of sp³-hybridized carbons (Fsp3) is 0.600. The van der Waals surface area contributed by atoms with E-state index >= 15 is 0 Å². The monoisotopic (exact) mass is 230 g/mol. The summed E-state index contributed by atoms with van der Waals surface area (Å²) in [5.41, 5.74) is 10.4. The molecule has 1 saturated heterocycles. The van der Waals surface area contributed by atoms with E-state index < -0.39 is 0 Å². The second kappa shape index (κ2) is 4.69. The van der Waals surface area contributed by atoms with Gasteiger partial charge in [0.05, 0.1) is 0 Å². The van der Waals surface area contributed by atoms with Gasteiger partial charge >= 0.3 is 0 Å². The van der Waals surface area contributed by atoms with Gasteiger partial charge < -0.3 is 10.6 Å². The van der Waals surface area contributed by atoms with Crippen LogP contribution >= 0.6 is 0 Å². The number of hydrogen-bond acceptors (Lipinski definition) is 2. The van der Waals surface area contributed by atoms with Crippen molar-refractivity contribution in [2.24, 2.45) is 5.73 Å². The average Bonchev–Trinajstić information content (AvgIpc) is 2.58. The molecule has 92 valence electrons. The van der Waals surface area contributed by atoms with Gasteiger partial charge in [0.2, 0.25) is 0 Å². The molecule has 1 atom stereocenters. The van der Waals surface area contributed by atoms with Crippen molar-refractivity contribution < 1.29 is 0 Å². The Hall–Kier alpha value is -1.02. The molecule has 3 rings (SSSR count). The lowest BCUT2D eigenvalue weighted by molar-refractivity contribution is 0.713. The Morgan fingerprint density at radius 2 is 1.82 bits per heavy atom. The number of benzene rings is 1. The first kappa shape index (κ1) is 11.1. The summed E-state index contributed by atoms with van der Waals surface area (Å²) in [6.45, 7) is 2.45. The number of fused-ring (bicyclic) bond motifs is 1. The molecule has 1 aromatic rings. The molecule has 0 spiro atoms. The largest absolute Gasteiger partial charge is 0.372 e. The van der Waals surface area contributed by atoms with Crippen LogP contribution in [0.25, 0.3) is 0 Å². The van der Waals surface area contributed by atoms with E-state index in [-0.39, 0.29) is 6.04 Å².